The Hall–Kier alpha value is -6.63. The number of para-hydroxylation sites is 1. The molecular weight excluding hydrogens is 645 g/mol. The van der Waals surface area contributed by atoms with E-state index in [0.717, 1.165) is 11.3 Å². The van der Waals surface area contributed by atoms with Crippen molar-refractivity contribution >= 4 is 75.3 Å². The molecule has 0 saturated heterocycles. The highest BCUT2D eigenvalue weighted by molar-refractivity contribution is 7.26. The number of hydrogen-bond acceptors (Lipinski definition) is 5. The van der Waals surface area contributed by atoms with Crippen molar-refractivity contribution in [1.29, 1.82) is 0 Å². The summed E-state index contributed by atoms with van der Waals surface area (Å²) in [6, 6.07) is 8.98. The second-order valence-corrected chi connectivity index (χ2v) is 12.6. The third-order valence-electron chi connectivity index (χ3n) is 8.68. The zero-order valence-electron chi connectivity index (χ0n) is 41.9. The van der Waals surface area contributed by atoms with Crippen molar-refractivity contribution in [1.82, 2.24) is 19.5 Å². The molecule has 7 aromatic carbocycles. The summed E-state index contributed by atoms with van der Waals surface area (Å²) in [4.78, 5) is 14.3. The van der Waals surface area contributed by atoms with Crippen LogP contribution in [0.5, 0.6) is 0 Å². The van der Waals surface area contributed by atoms with Crippen molar-refractivity contribution in [3.63, 3.8) is 0 Å². The Morgan fingerprint density at radius 1 is 0.549 bits per heavy atom. The number of furan rings is 1. The van der Waals surface area contributed by atoms with E-state index in [1.54, 1.807) is 60.7 Å². The fraction of sp³-hybridized carbons (Fsp3) is 0. The molecule has 0 radical (unpaired) electrons. The SMILES string of the molecule is [2H]c1c([2H])c(-c2ccccc2)c2c(oc3c([2H])c(-c4nc(-c5ccccc5)nc(-n5c6c([2H])c([2H])c([2H])c([2H])c6c6c([2H])c([2H])c7c(sc8c([2H])c([2H])c([2H])c([2H])c87)c65)n4)c([2H])c([2H])c32)c1[2H]. The molecule has 51 heavy (non-hydrogen) atoms. The average Bonchev–Trinajstić information content (AvgIpc) is 4.04. The van der Waals surface area contributed by atoms with E-state index in [1.165, 1.54) is 4.57 Å². The second kappa shape index (κ2) is 10.9. The van der Waals surface area contributed by atoms with Crippen molar-refractivity contribution in [2.45, 2.75) is 0 Å². The van der Waals surface area contributed by atoms with Crippen LogP contribution in [0.2, 0.25) is 0 Å². The molecule has 0 atom stereocenters. The summed E-state index contributed by atoms with van der Waals surface area (Å²) in [6.45, 7) is 0. The highest BCUT2D eigenvalue weighted by Gasteiger charge is 2.22. The highest BCUT2D eigenvalue weighted by atomic mass is 32.1. The number of aromatic nitrogens is 4. The third-order valence-corrected chi connectivity index (χ3v) is 9.79. The molecule has 4 aromatic heterocycles. The lowest BCUT2D eigenvalue weighted by molar-refractivity contribution is 0.669. The van der Waals surface area contributed by atoms with E-state index in [2.05, 4.69) is 0 Å². The van der Waals surface area contributed by atoms with Gasteiger partial charge in [-0.3, -0.25) is 4.57 Å². The van der Waals surface area contributed by atoms with Crippen LogP contribution in [-0.2, 0) is 0 Å². The third kappa shape index (κ3) is 4.30. The molecular formula is C45H26N4OS. The van der Waals surface area contributed by atoms with Crippen molar-refractivity contribution in [3.8, 4) is 39.9 Å². The number of rotatable bonds is 4. The molecule has 5 nitrogen and oxygen atoms in total. The van der Waals surface area contributed by atoms with Gasteiger partial charge in [-0.25, -0.2) is 4.98 Å². The standard InChI is InChI=1S/C45H26N4OS/c1-3-12-27(13-4-1)30-18-11-20-37-40(30)35-23-22-29(26-38(35)50-37)44-46-43(28-14-5-2-6-15-28)47-45(48-44)49-36-19-9-7-16-31(36)33-24-25-34-32-17-8-10-21-39(32)51-42(34)41(33)49/h1-26H/i7D,8D,9D,10D,11D,16D,17D,18D,19D,20D,21D,22D,23D,24D,25D,26D. The quantitative estimate of drug-likeness (QED) is 0.185. The molecule has 11 aromatic rings. The topological polar surface area (TPSA) is 56.7 Å². The van der Waals surface area contributed by atoms with E-state index in [-0.39, 0.29) is 98.7 Å². The summed E-state index contributed by atoms with van der Waals surface area (Å²) in [6.07, 6.45) is 0. The maximum atomic E-state index is 9.62. The van der Waals surface area contributed by atoms with E-state index in [4.69, 9.17) is 33.1 Å². The number of nitrogens with zero attached hydrogens (tertiary/aromatic N) is 4. The Balaban J connectivity index is 1.32. The van der Waals surface area contributed by atoms with Gasteiger partial charge >= 0.3 is 0 Å². The summed E-state index contributed by atoms with van der Waals surface area (Å²) in [5, 5.41) is -0.323. The second-order valence-electron chi connectivity index (χ2n) is 11.6. The summed E-state index contributed by atoms with van der Waals surface area (Å²) in [5.41, 5.74) is 0.0231. The van der Waals surface area contributed by atoms with Crippen LogP contribution >= 0.6 is 11.3 Å². The fourth-order valence-electron chi connectivity index (χ4n) is 6.44. The first kappa shape index (κ1) is 16.9. The number of hydrogen-bond donors (Lipinski definition) is 0. The van der Waals surface area contributed by atoms with Gasteiger partial charge in [-0.2, -0.15) is 9.97 Å². The monoisotopic (exact) mass is 686 g/mol. The fourth-order valence-corrected chi connectivity index (χ4v) is 7.54. The van der Waals surface area contributed by atoms with Crippen LogP contribution < -0.4 is 0 Å². The number of thiophene rings is 1. The van der Waals surface area contributed by atoms with Gasteiger partial charge in [0.05, 0.1) is 37.7 Å². The van der Waals surface area contributed by atoms with Crippen LogP contribution in [0.4, 0.5) is 0 Å². The minimum absolute atomic E-state index is 0.0212. The molecule has 4 heterocycles. The minimum atomic E-state index is -0.657. The van der Waals surface area contributed by atoms with Gasteiger partial charge < -0.3 is 4.42 Å². The Bertz CT molecular complexity index is 4060. The van der Waals surface area contributed by atoms with Crippen LogP contribution in [0, 0.1) is 0 Å². The van der Waals surface area contributed by atoms with Crippen LogP contribution in [0.3, 0.4) is 0 Å². The first-order valence-electron chi connectivity index (χ1n) is 23.7. The lowest BCUT2D eigenvalue weighted by atomic mass is 9.99. The van der Waals surface area contributed by atoms with Gasteiger partial charge in [0.1, 0.15) is 11.2 Å². The Morgan fingerprint density at radius 3 is 2.10 bits per heavy atom. The largest absolute Gasteiger partial charge is 0.456 e. The molecule has 6 heteroatoms. The van der Waals surface area contributed by atoms with E-state index in [1.807, 2.05) is 0 Å². The Labute approximate surface area is 318 Å². The molecule has 0 fully saturated rings. The maximum Gasteiger partial charge on any atom is 0.238 e. The molecule has 0 spiro atoms. The van der Waals surface area contributed by atoms with Crippen LogP contribution in [0.25, 0.3) is 104 Å². The van der Waals surface area contributed by atoms with E-state index >= 15 is 0 Å². The minimum Gasteiger partial charge on any atom is -0.456 e. The van der Waals surface area contributed by atoms with Gasteiger partial charge in [-0.1, -0.05) is 127 Å². The molecule has 0 aliphatic rings. The number of fused-ring (bicyclic) bond motifs is 10. The molecule has 0 amide bonds. The van der Waals surface area contributed by atoms with Gasteiger partial charge in [0, 0.05) is 48.1 Å². The van der Waals surface area contributed by atoms with Crippen molar-refractivity contribution in [3.05, 3.63) is 157 Å². The molecule has 238 valence electrons. The van der Waals surface area contributed by atoms with Gasteiger partial charge in [-0.15, -0.1) is 11.3 Å². The molecule has 0 N–H and O–H groups in total. The summed E-state index contributed by atoms with van der Waals surface area (Å²) in [7, 11) is 0. The van der Waals surface area contributed by atoms with Crippen molar-refractivity contribution in [2.24, 2.45) is 0 Å². The van der Waals surface area contributed by atoms with Gasteiger partial charge in [0.15, 0.2) is 11.6 Å². The summed E-state index contributed by atoms with van der Waals surface area (Å²) in [5.74, 6) is -0.770. The number of benzene rings is 7. The van der Waals surface area contributed by atoms with Crippen LogP contribution in [0.15, 0.2) is 162 Å². The summed E-state index contributed by atoms with van der Waals surface area (Å²) < 4.78 is 152. The van der Waals surface area contributed by atoms with E-state index in [9.17, 15) is 8.22 Å². The van der Waals surface area contributed by atoms with Crippen molar-refractivity contribution in [2.75, 3.05) is 0 Å². The normalized spacial score (nSPS) is 16.3. The summed E-state index contributed by atoms with van der Waals surface area (Å²) >= 11 is 0.874. The average molecular weight is 687 g/mol. The molecule has 0 aliphatic heterocycles. The van der Waals surface area contributed by atoms with Crippen LogP contribution in [0.1, 0.15) is 21.9 Å². The zero-order valence-corrected chi connectivity index (χ0v) is 26.7. The molecule has 0 unspecified atom stereocenters. The lowest BCUT2D eigenvalue weighted by Gasteiger charge is -2.11. The molecule has 11 rings (SSSR count). The molecule has 0 aliphatic carbocycles. The van der Waals surface area contributed by atoms with Crippen molar-refractivity contribution < 1.29 is 26.3 Å². The van der Waals surface area contributed by atoms with Gasteiger partial charge in [0.2, 0.25) is 5.95 Å². The zero-order chi connectivity index (χ0) is 47.4. The molecule has 0 bridgehead atoms. The smallest absolute Gasteiger partial charge is 0.238 e. The van der Waals surface area contributed by atoms with Gasteiger partial charge in [-0.05, 0) is 41.3 Å². The predicted molar refractivity (Wildman–Crippen MR) is 211 cm³/mol. The Kier molecular flexibility index (Phi) is 3.61. The predicted octanol–water partition coefficient (Wildman–Crippen LogP) is 12.2. The van der Waals surface area contributed by atoms with Gasteiger partial charge in [0.25, 0.3) is 0 Å². The van der Waals surface area contributed by atoms with Crippen LogP contribution in [-0.4, -0.2) is 19.5 Å². The first-order chi connectivity index (χ1) is 32.0. The Morgan fingerprint density at radius 2 is 1.25 bits per heavy atom. The molecule has 0 saturated carbocycles. The maximum absolute atomic E-state index is 9.62. The first-order valence-corrected chi connectivity index (χ1v) is 16.5. The van der Waals surface area contributed by atoms with E-state index in [0.29, 0.717) is 11.1 Å². The highest BCUT2D eigenvalue weighted by Crippen LogP contribution is 2.43. The van der Waals surface area contributed by atoms with E-state index < -0.39 is 90.6 Å². The lowest BCUT2D eigenvalue weighted by Crippen LogP contribution is -2.06.